The molecule has 2 atom stereocenters. The topological polar surface area (TPSA) is 62.2 Å². The average molecular weight is 475 g/mol. The van der Waals surface area contributed by atoms with E-state index in [-0.39, 0.29) is 11.9 Å². The molecule has 0 aliphatic carbocycles. The van der Waals surface area contributed by atoms with Gasteiger partial charge in [-0.25, -0.2) is 0 Å². The smallest absolute Gasteiger partial charge is 0.237 e. The molecule has 0 bridgehead atoms. The molecule has 1 aliphatic heterocycles. The molecule has 2 heterocycles. The Bertz CT molecular complexity index is 867. The van der Waals surface area contributed by atoms with Gasteiger partial charge >= 0.3 is 0 Å². The Kier molecular flexibility index (Phi) is 9.59. The summed E-state index contributed by atoms with van der Waals surface area (Å²) >= 11 is 1.75. The van der Waals surface area contributed by atoms with Gasteiger partial charge in [0, 0.05) is 24.5 Å². The lowest BCUT2D eigenvalue weighted by molar-refractivity contribution is -0.136. The maximum absolute atomic E-state index is 13.5. The van der Waals surface area contributed by atoms with E-state index in [2.05, 4.69) is 37.1 Å². The molecular formula is C26H38N2O4S. The van der Waals surface area contributed by atoms with Crippen molar-refractivity contribution in [3.63, 3.8) is 0 Å². The number of methoxy groups -OCH3 is 1. The SMILES string of the molecule is CCC[C@@H](O)CN(CC(=O)N1CCc2sccc2[C@H]1COc1ccc(OC)cc1)CC(C)C. The van der Waals surface area contributed by atoms with Crippen LogP contribution in [0.2, 0.25) is 0 Å². The lowest BCUT2D eigenvalue weighted by atomic mass is 10.00. The maximum atomic E-state index is 13.5. The van der Waals surface area contributed by atoms with Crippen LogP contribution in [0.15, 0.2) is 35.7 Å². The number of hydrogen-bond donors (Lipinski definition) is 1. The highest BCUT2D eigenvalue weighted by Gasteiger charge is 2.33. The van der Waals surface area contributed by atoms with Crippen molar-refractivity contribution in [1.82, 2.24) is 9.80 Å². The first kappa shape index (κ1) is 25.5. The Morgan fingerprint density at radius 3 is 2.61 bits per heavy atom. The Morgan fingerprint density at radius 2 is 1.94 bits per heavy atom. The van der Waals surface area contributed by atoms with Crippen LogP contribution >= 0.6 is 11.3 Å². The van der Waals surface area contributed by atoms with Crippen molar-refractivity contribution in [3.8, 4) is 11.5 Å². The van der Waals surface area contributed by atoms with Gasteiger partial charge in [0.05, 0.1) is 25.8 Å². The van der Waals surface area contributed by atoms with Crippen LogP contribution in [0.3, 0.4) is 0 Å². The third-order valence-corrected chi connectivity index (χ3v) is 6.95. The molecule has 6 nitrogen and oxygen atoms in total. The van der Waals surface area contributed by atoms with E-state index >= 15 is 0 Å². The highest BCUT2D eigenvalue weighted by molar-refractivity contribution is 7.10. The number of amides is 1. The number of fused-ring (bicyclic) bond motifs is 1. The Hall–Kier alpha value is -2.09. The summed E-state index contributed by atoms with van der Waals surface area (Å²) < 4.78 is 11.3. The van der Waals surface area contributed by atoms with Crippen molar-refractivity contribution in [2.45, 2.75) is 52.2 Å². The van der Waals surface area contributed by atoms with Crippen molar-refractivity contribution in [2.75, 3.05) is 39.9 Å². The van der Waals surface area contributed by atoms with Crippen molar-refractivity contribution < 1.29 is 19.4 Å². The first-order valence-corrected chi connectivity index (χ1v) is 12.8. The van der Waals surface area contributed by atoms with E-state index in [9.17, 15) is 9.90 Å². The fourth-order valence-electron chi connectivity index (χ4n) is 4.45. The van der Waals surface area contributed by atoms with Gasteiger partial charge in [-0.1, -0.05) is 27.2 Å². The molecule has 0 unspecified atom stereocenters. The molecule has 0 spiro atoms. The van der Waals surface area contributed by atoms with Gasteiger partial charge in [0.15, 0.2) is 0 Å². The van der Waals surface area contributed by atoms with Crippen molar-refractivity contribution in [3.05, 3.63) is 46.2 Å². The molecule has 1 amide bonds. The highest BCUT2D eigenvalue weighted by Crippen LogP contribution is 2.34. The molecule has 1 aliphatic rings. The molecular weight excluding hydrogens is 436 g/mol. The zero-order valence-electron chi connectivity index (χ0n) is 20.3. The summed E-state index contributed by atoms with van der Waals surface area (Å²) in [4.78, 5) is 18.9. The van der Waals surface area contributed by atoms with Crippen LogP contribution in [0.4, 0.5) is 0 Å². The third-order valence-electron chi connectivity index (χ3n) is 5.96. The molecule has 2 aromatic rings. The lowest BCUT2D eigenvalue weighted by Gasteiger charge is -2.37. The van der Waals surface area contributed by atoms with E-state index in [4.69, 9.17) is 9.47 Å². The minimum atomic E-state index is -0.402. The molecule has 33 heavy (non-hydrogen) atoms. The molecule has 7 heteroatoms. The minimum absolute atomic E-state index is 0.0968. The van der Waals surface area contributed by atoms with Crippen molar-refractivity contribution in [2.24, 2.45) is 5.92 Å². The largest absolute Gasteiger partial charge is 0.497 e. The van der Waals surface area contributed by atoms with Gasteiger partial charge in [-0.2, -0.15) is 0 Å². The number of aliphatic hydroxyl groups excluding tert-OH is 1. The molecule has 1 N–H and O–H groups in total. The summed E-state index contributed by atoms with van der Waals surface area (Å²) in [5.74, 6) is 2.06. The van der Waals surface area contributed by atoms with Crippen molar-refractivity contribution >= 4 is 17.2 Å². The van der Waals surface area contributed by atoms with Gasteiger partial charge in [0.1, 0.15) is 18.1 Å². The molecule has 182 valence electrons. The monoisotopic (exact) mass is 474 g/mol. The van der Waals surface area contributed by atoms with E-state index in [0.29, 0.717) is 32.2 Å². The fraction of sp³-hybridized carbons (Fsp3) is 0.577. The number of nitrogens with zero attached hydrogens (tertiary/aromatic N) is 2. The van der Waals surface area contributed by atoms with Crippen LogP contribution < -0.4 is 9.47 Å². The fourth-order valence-corrected chi connectivity index (χ4v) is 5.37. The van der Waals surface area contributed by atoms with Gasteiger partial charge in [-0.3, -0.25) is 9.69 Å². The van der Waals surface area contributed by atoms with E-state index < -0.39 is 6.10 Å². The number of carbonyl (C=O) groups excluding carboxylic acids is 1. The van der Waals surface area contributed by atoms with E-state index in [1.165, 1.54) is 10.4 Å². The zero-order valence-corrected chi connectivity index (χ0v) is 21.1. The van der Waals surface area contributed by atoms with Crippen LogP contribution in [0.1, 0.15) is 50.1 Å². The second-order valence-electron chi connectivity index (χ2n) is 9.17. The number of rotatable bonds is 12. The van der Waals surface area contributed by atoms with Crippen LogP contribution in [0, 0.1) is 5.92 Å². The van der Waals surface area contributed by atoms with Gasteiger partial charge in [-0.05, 0) is 60.0 Å². The molecule has 0 fully saturated rings. The number of thiophene rings is 1. The molecule has 1 aromatic carbocycles. The summed E-state index contributed by atoms with van der Waals surface area (Å²) in [7, 11) is 1.64. The van der Waals surface area contributed by atoms with Crippen LogP contribution in [-0.4, -0.2) is 66.8 Å². The van der Waals surface area contributed by atoms with Crippen LogP contribution in [-0.2, 0) is 11.2 Å². The third kappa shape index (κ3) is 7.19. The van der Waals surface area contributed by atoms with Gasteiger partial charge in [-0.15, -0.1) is 11.3 Å². The average Bonchev–Trinajstić information content (AvgIpc) is 3.26. The predicted molar refractivity (Wildman–Crippen MR) is 133 cm³/mol. The maximum Gasteiger partial charge on any atom is 0.237 e. The summed E-state index contributed by atoms with van der Waals surface area (Å²) in [6.07, 6.45) is 2.16. The van der Waals surface area contributed by atoms with Crippen LogP contribution in [0.5, 0.6) is 11.5 Å². The van der Waals surface area contributed by atoms with Gasteiger partial charge in [0.25, 0.3) is 0 Å². The number of hydrogen-bond acceptors (Lipinski definition) is 6. The summed E-state index contributed by atoms with van der Waals surface area (Å²) in [6.45, 7) is 9.10. The van der Waals surface area contributed by atoms with Gasteiger partial charge < -0.3 is 19.5 Å². The predicted octanol–water partition coefficient (Wildman–Crippen LogP) is 4.38. The summed E-state index contributed by atoms with van der Waals surface area (Å²) in [6, 6.07) is 9.54. The van der Waals surface area contributed by atoms with Crippen LogP contribution in [0.25, 0.3) is 0 Å². The standard InChI is InChI=1S/C26H38N2O4S/c1-5-6-20(29)16-27(15-19(2)3)17-26(30)28-13-11-25-23(12-14-33-25)24(28)18-32-22-9-7-21(31-4)8-10-22/h7-10,12,14,19-20,24,29H,5-6,11,13,15-18H2,1-4H3/t20-,24-/m1/s1. The number of benzene rings is 1. The highest BCUT2D eigenvalue weighted by atomic mass is 32.1. The number of aliphatic hydroxyl groups is 1. The normalized spacial score (nSPS) is 16.7. The first-order chi connectivity index (χ1) is 15.9. The number of ether oxygens (including phenoxy) is 2. The lowest BCUT2D eigenvalue weighted by Crippen LogP contribution is -2.48. The molecule has 3 rings (SSSR count). The second kappa shape index (κ2) is 12.4. The molecule has 0 saturated heterocycles. The second-order valence-corrected chi connectivity index (χ2v) is 10.2. The first-order valence-electron chi connectivity index (χ1n) is 11.9. The summed E-state index contributed by atoms with van der Waals surface area (Å²) in [5, 5.41) is 12.5. The minimum Gasteiger partial charge on any atom is -0.497 e. The van der Waals surface area contributed by atoms with E-state index in [1.54, 1.807) is 18.4 Å². The van der Waals surface area contributed by atoms with Gasteiger partial charge in [0.2, 0.25) is 5.91 Å². The number of carbonyl (C=O) groups is 1. The molecule has 0 saturated carbocycles. The van der Waals surface area contributed by atoms with Crippen molar-refractivity contribution in [1.29, 1.82) is 0 Å². The van der Waals surface area contributed by atoms with E-state index in [0.717, 1.165) is 37.3 Å². The Labute approximate surface area is 202 Å². The summed E-state index contributed by atoms with van der Waals surface area (Å²) in [5.41, 5.74) is 1.19. The molecule has 1 aromatic heterocycles. The Morgan fingerprint density at radius 1 is 1.21 bits per heavy atom. The Balaban J connectivity index is 1.71. The zero-order chi connectivity index (χ0) is 23.8. The van der Waals surface area contributed by atoms with E-state index in [1.807, 2.05) is 29.2 Å². The quantitative estimate of drug-likeness (QED) is 0.495. The molecule has 0 radical (unpaired) electrons.